The van der Waals surface area contributed by atoms with E-state index in [9.17, 15) is 14.4 Å². The number of nitrogens with one attached hydrogen (secondary N) is 2. The lowest BCUT2D eigenvalue weighted by Crippen LogP contribution is -2.49. The minimum absolute atomic E-state index is 0.174. The SMILES string of the molecule is NC(=O)[C@@H](Cc1ccccc1Cl)NC(=O)CNC(=O)c1ccccc1. The van der Waals surface area contributed by atoms with E-state index in [2.05, 4.69) is 10.6 Å². The van der Waals surface area contributed by atoms with Crippen LogP contribution >= 0.6 is 11.6 Å². The molecule has 2 rings (SSSR count). The van der Waals surface area contributed by atoms with Gasteiger partial charge in [-0.2, -0.15) is 0 Å². The molecule has 0 unspecified atom stereocenters. The van der Waals surface area contributed by atoms with E-state index in [0.29, 0.717) is 16.1 Å². The van der Waals surface area contributed by atoms with Gasteiger partial charge in [-0.3, -0.25) is 14.4 Å². The van der Waals surface area contributed by atoms with E-state index in [0.717, 1.165) is 0 Å². The fourth-order valence-electron chi connectivity index (χ4n) is 2.20. The van der Waals surface area contributed by atoms with E-state index in [1.165, 1.54) is 0 Å². The van der Waals surface area contributed by atoms with E-state index >= 15 is 0 Å². The van der Waals surface area contributed by atoms with Crippen LogP contribution in [0.15, 0.2) is 54.6 Å². The van der Waals surface area contributed by atoms with Crippen LogP contribution in [0.1, 0.15) is 15.9 Å². The molecule has 0 aromatic heterocycles. The van der Waals surface area contributed by atoms with Gasteiger partial charge in [0.05, 0.1) is 6.54 Å². The Balaban J connectivity index is 1.91. The Kier molecular flexibility index (Phi) is 6.54. The zero-order valence-corrected chi connectivity index (χ0v) is 14.1. The molecule has 0 aliphatic carbocycles. The molecular weight excluding hydrogens is 342 g/mol. The minimum atomic E-state index is -0.916. The van der Waals surface area contributed by atoms with Crippen molar-refractivity contribution < 1.29 is 14.4 Å². The molecule has 7 heteroatoms. The van der Waals surface area contributed by atoms with Gasteiger partial charge in [0.15, 0.2) is 0 Å². The number of hydrogen-bond donors (Lipinski definition) is 3. The molecule has 0 saturated carbocycles. The number of primary amides is 1. The summed E-state index contributed by atoms with van der Waals surface area (Å²) in [5.74, 6) is -1.57. The molecule has 0 radical (unpaired) electrons. The van der Waals surface area contributed by atoms with Gasteiger partial charge in [0.2, 0.25) is 11.8 Å². The molecule has 0 bridgehead atoms. The van der Waals surface area contributed by atoms with Crippen molar-refractivity contribution >= 4 is 29.3 Å². The summed E-state index contributed by atoms with van der Waals surface area (Å²) < 4.78 is 0. The lowest BCUT2D eigenvalue weighted by molar-refractivity contribution is -0.126. The molecule has 0 heterocycles. The van der Waals surface area contributed by atoms with E-state index in [1.54, 1.807) is 54.6 Å². The second kappa shape index (κ2) is 8.84. The summed E-state index contributed by atoms with van der Waals surface area (Å²) in [5.41, 5.74) is 6.48. The van der Waals surface area contributed by atoms with Gasteiger partial charge in [-0.05, 0) is 23.8 Å². The number of hydrogen-bond acceptors (Lipinski definition) is 3. The molecule has 0 aliphatic heterocycles. The summed E-state index contributed by atoms with van der Waals surface area (Å²) in [5, 5.41) is 5.49. The first-order valence-electron chi connectivity index (χ1n) is 7.62. The number of carbonyl (C=O) groups is 3. The third-order valence-corrected chi connectivity index (χ3v) is 3.87. The van der Waals surface area contributed by atoms with Crippen LogP contribution in [0.25, 0.3) is 0 Å². The van der Waals surface area contributed by atoms with E-state index < -0.39 is 17.9 Å². The van der Waals surface area contributed by atoms with E-state index in [4.69, 9.17) is 17.3 Å². The Morgan fingerprint density at radius 2 is 1.64 bits per heavy atom. The highest BCUT2D eigenvalue weighted by molar-refractivity contribution is 6.31. The highest BCUT2D eigenvalue weighted by Gasteiger charge is 2.20. The molecule has 4 N–H and O–H groups in total. The first kappa shape index (κ1) is 18.5. The molecule has 0 aliphatic rings. The van der Waals surface area contributed by atoms with Crippen LogP contribution in [-0.4, -0.2) is 30.3 Å². The summed E-state index contributed by atoms with van der Waals surface area (Å²) in [6.45, 7) is -0.264. The normalized spacial score (nSPS) is 11.4. The number of rotatable bonds is 7. The van der Waals surface area contributed by atoms with Crippen molar-refractivity contribution in [2.24, 2.45) is 5.73 Å². The molecule has 0 saturated heterocycles. The van der Waals surface area contributed by atoms with E-state index in [-0.39, 0.29) is 18.9 Å². The van der Waals surface area contributed by atoms with Gasteiger partial charge < -0.3 is 16.4 Å². The third-order valence-electron chi connectivity index (χ3n) is 3.51. The van der Waals surface area contributed by atoms with Crippen molar-refractivity contribution in [2.75, 3.05) is 6.54 Å². The van der Waals surface area contributed by atoms with Crippen molar-refractivity contribution in [1.82, 2.24) is 10.6 Å². The second-order valence-electron chi connectivity index (χ2n) is 5.37. The molecule has 3 amide bonds. The molecule has 1 atom stereocenters. The van der Waals surface area contributed by atoms with Crippen LogP contribution in [0.2, 0.25) is 5.02 Å². The lowest BCUT2D eigenvalue weighted by Gasteiger charge is -2.16. The first-order valence-corrected chi connectivity index (χ1v) is 8.00. The molecule has 6 nitrogen and oxygen atoms in total. The van der Waals surface area contributed by atoms with Gasteiger partial charge in [0, 0.05) is 17.0 Å². The molecule has 25 heavy (non-hydrogen) atoms. The highest BCUT2D eigenvalue weighted by atomic mass is 35.5. The molecule has 2 aromatic carbocycles. The highest BCUT2D eigenvalue weighted by Crippen LogP contribution is 2.16. The number of carbonyl (C=O) groups excluding carboxylic acids is 3. The maximum absolute atomic E-state index is 12.0. The predicted molar refractivity (Wildman–Crippen MR) is 95.1 cm³/mol. The van der Waals surface area contributed by atoms with Crippen LogP contribution in [-0.2, 0) is 16.0 Å². The monoisotopic (exact) mass is 359 g/mol. The number of halogens is 1. The Morgan fingerprint density at radius 1 is 1.00 bits per heavy atom. The Labute approximate surface area is 150 Å². The molecule has 130 valence electrons. The summed E-state index contributed by atoms with van der Waals surface area (Å²) >= 11 is 6.06. The molecule has 0 spiro atoms. The average molecular weight is 360 g/mol. The quantitative estimate of drug-likeness (QED) is 0.694. The zero-order valence-electron chi connectivity index (χ0n) is 13.4. The van der Waals surface area contributed by atoms with Gasteiger partial charge in [-0.25, -0.2) is 0 Å². The summed E-state index contributed by atoms with van der Waals surface area (Å²) in [7, 11) is 0. The number of benzene rings is 2. The molecule has 2 aromatic rings. The Bertz CT molecular complexity index is 765. The number of nitrogens with two attached hydrogens (primary N) is 1. The molecular formula is C18H18ClN3O3. The molecule has 0 fully saturated rings. The second-order valence-corrected chi connectivity index (χ2v) is 5.77. The first-order chi connectivity index (χ1) is 12.0. The fraction of sp³-hybridized carbons (Fsp3) is 0.167. The predicted octanol–water partition coefficient (Wildman–Crippen LogP) is 1.28. The van der Waals surface area contributed by atoms with E-state index in [1.807, 2.05) is 0 Å². The van der Waals surface area contributed by atoms with Crippen molar-refractivity contribution in [3.05, 3.63) is 70.7 Å². The third kappa shape index (κ3) is 5.61. The van der Waals surface area contributed by atoms with Crippen LogP contribution < -0.4 is 16.4 Å². The summed E-state index contributed by atoms with van der Waals surface area (Å²) in [4.78, 5) is 35.5. The Hall–Kier alpha value is -2.86. The minimum Gasteiger partial charge on any atom is -0.368 e. The van der Waals surface area contributed by atoms with Crippen molar-refractivity contribution in [3.8, 4) is 0 Å². The maximum Gasteiger partial charge on any atom is 0.251 e. The van der Waals surface area contributed by atoms with Gasteiger partial charge in [0.25, 0.3) is 5.91 Å². The maximum atomic E-state index is 12.0. The van der Waals surface area contributed by atoms with Crippen LogP contribution in [0, 0.1) is 0 Å². The fourth-order valence-corrected chi connectivity index (χ4v) is 2.42. The Morgan fingerprint density at radius 3 is 2.28 bits per heavy atom. The van der Waals surface area contributed by atoms with Crippen molar-refractivity contribution in [2.45, 2.75) is 12.5 Å². The van der Waals surface area contributed by atoms with Crippen molar-refractivity contribution in [1.29, 1.82) is 0 Å². The van der Waals surface area contributed by atoms with Crippen LogP contribution in [0.3, 0.4) is 0 Å². The largest absolute Gasteiger partial charge is 0.368 e. The number of amides is 3. The summed E-state index contributed by atoms with van der Waals surface area (Å²) in [6.07, 6.45) is 0.174. The smallest absolute Gasteiger partial charge is 0.251 e. The zero-order chi connectivity index (χ0) is 18.2. The van der Waals surface area contributed by atoms with Gasteiger partial charge in [-0.15, -0.1) is 0 Å². The topological polar surface area (TPSA) is 101 Å². The lowest BCUT2D eigenvalue weighted by atomic mass is 10.1. The van der Waals surface area contributed by atoms with Gasteiger partial charge in [0.1, 0.15) is 6.04 Å². The summed E-state index contributed by atoms with van der Waals surface area (Å²) in [6, 6.07) is 14.6. The van der Waals surface area contributed by atoms with Crippen LogP contribution in [0.4, 0.5) is 0 Å². The van der Waals surface area contributed by atoms with Gasteiger partial charge in [-0.1, -0.05) is 48.0 Å². The van der Waals surface area contributed by atoms with Crippen molar-refractivity contribution in [3.63, 3.8) is 0 Å². The van der Waals surface area contributed by atoms with Gasteiger partial charge >= 0.3 is 0 Å². The standard InChI is InChI=1S/C18H18ClN3O3/c19-14-9-5-4-8-13(14)10-15(17(20)24)22-16(23)11-21-18(25)12-6-2-1-3-7-12/h1-9,15H,10-11H2,(H2,20,24)(H,21,25)(H,22,23)/t15-/m1/s1. The van der Waals surface area contributed by atoms with Crippen LogP contribution in [0.5, 0.6) is 0 Å². The average Bonchev–Trinajstić information content (AvgIpc) is 2.61.